The lowest BCUT2D eigenvalue weighted by atomic mass is 10.3. The number of alkyl halides is 2. The fraction of sp³-hybridized carbons (Fsp3) is 0.500. The first-order chi connectivity index (χ1) is 7.04. The lowest BCUT2D eigenvalue weighted by Gasteiger charge is -2.02. The maximum absolute atomic E-state index is 11.9. The fourth-order valence-corrected chi connectivity index (χ4v) is 0.988. The van der Waals surface area contributed by atoms with Crippen molar-refractivity contribution in [2.75, 3.05) is 6.61 Å². The van der Waals surface area contributed by atoms with Gasteiger partial charge in [0.15, 0.2) is 0 Å². The molecule has 0 aliphatic carbocycles. The van der Waals surface area contributed by atoms with Gasteiger partial charge in [0.2, 0.25) is 0 Å². The van der Waals surface area contributed by atoms with Gasteiger partial charge in [0.05, 0.1) is 6.61 Å². The van der Waals surface area contributed by atoms with Crippen LogP contribution >= 0.6 is 0 Å². The second-order valence-electron chi connectivity index (χ2n) is 2.62. The second-order valence-corrected chi connectivity index (χ2v) is 2.62. The molecule has 0 aliphatic heterocycles. The fourth-order valence-electron chi connectivity index (χ4n) is 0.988. The Kier molecular flexibility index (Phi) is 3.59. The van der Waals surface area contributed by atoms with E-state index >= 15 is 0 Å². The molecule has 0 spiro atoms. The third-order valence-corrected chi connectivity index (χ3v) is 1.49. The van der Waals surface area contributed by atoms with Crippen molar-refractivity contribution in [1.29, 1.82) is 0 Å². The predicted octanol–water partition coefficient (Wildman–Crippen LogP) is 1.20. The summed E-state index contributed by atoms with van der Waals surface area (Å²) < 4.78 is 33.8. The Hall–Kier alpha value is -1.66. The standard InChI is InChI=1S/C8H10F2N2O3/c1-3-14-7(13)5-4-12(2)11-6(5)15-8(9)10/h4,8H,3H2,1-2H3. The maximum Gasteiger partial charge on any atom is 0.388 e. The van der Waals surface area contributed by atoms with E-state index in [1.54, 1.807) is 6.92 Å². The van der Waals surface area contributed by atoms with Crippen LogP contribution in [0.1, 0.15) is 17.3 Å². The minimum absolute atomic E-state index is 0.111. The maximum atomic E-state index is 11.9. The number of aromatic nitrogens is 2. The number of aryl methyl sites for hydroxylation is 1. The summed E-state index contributed by atoms with van der Waals surface area (Å²) in [6.45, 7) is -1.25. The highest BCUT2D eigenvalue weighted by Crippen LogP contribution is 2.18. The molecule has 0 atom stereocenters. The molecule has 1 heterocycles. The number of carbonyl (C=O) groups excluding carboxylic acids is 1. The summed E-state index contributed by atoms with van der Waals surface area (Å²) in [4.78, 5) is 11.3. The van der Waals surface area contributed by atoms with Crippen LogP contribution in [0.4, 0.5) is 8.78 Å². The molecule has 5 nitrogen and oxygen atoms in total. The lowest BCUT2D eigenvalue weighted by Crippen LogP contribution is -2.09. The Labute approximate surface area is 84.6 Å². The van der Waals surface area contributed by atoms with Crippen molar-refractivity contribution in [2.24, 2.45) is 7.05 Å². The number of esters is 1. The summed E-state index contributed by atoms with van der Waals surface area (Å²) in [5, 5.41) is 3.57. The van der Waals surface area contributed by atoms with Crippen molar-refractivity contribution in [3.05, 3.63) is 11.8 Å². The van der Waals surface area contributed by atoms with Gasteiger partial charge in [0.25, 0.3) is 5.88 Å². The van der Waals surface area contributed by atoms with Gasteiger partial charge >= 0.3 is 12.6 Å². The number of ether oxygens (including phenoxy) is 2. The molecule has 0 fully saturated rings. The van der Waals surface area contributed by atoms with Gasteiger partial charge in [-0.2, -0.15) is 8.78 Å². The van der Waals surface area contributed by atoms with Crippen molar-refractivity contribution < 1.29 is 23.0 Å². The third-order valence-electron chi connectivity index (χ3n) is 1.49. The van der Waals surface area contributed by atoms with Crippen molar-refractivity contribution >= 4 is 5.97 Å². The van der Waals surface area contributed by atoms with Gasteiger partial charge in [0.1, 0.15) is 5.56 Å². The number of halogens is 2. The number of hydrogen-bond donors (Lipinski definition) is 0. The van der Waals surface area contributed by atoms with E-state index in [4.69, 9.17) is 0 Å². The van der Waals surface area contributed by atoms with Gasteiger partial charge in [-0.05, 0) is 6.92 Å². The first kappa shape index (κ1) is 11.4. The lowest BCUT2D eigenvalue weighted by molar-refractivity contribution is -0.0537. The van der Waals surface area contributed by atoms with Crippen LogP contribution in [0.5, 0.6) is 5.88 Å². The molecule has 0 bridgehead atoms. The molecule has 0 N–H and O–H groups in total. The average Bonchev–Trinajstić information content (AvgIpc) is 2.46. The smallest absolute Gasteiger partial charge is 0.388 e. The van der Waals surface area contributed by atoms with Crippen LogP contribution in [0.25, 0.3) is 0 Å². The molecule has 0 aliphatic rings. The minimum atomic E-state index is -3.02. The zero-order valence-corrected chi connectivity index (χ0v) is 8.24. The molecule has 84 valence electrons. The zero-order valence-electron chi connectivity index (χ0n) is 8.24. The normalized spacial score (nSPS) is 10.5. The molecule has 1 rings (SSSR count). The Morgan fingerprint density at radius 2 is 2.33 bits per heavy atom. The molecule has 0 saturated carbocycles. The van der Waals surface area contributed by atoms with E-state index in [-0.39, 0.29) is 12.2 Å². The highest BCUT2D eigenvalue weighted by molar-refractivity contribution is 5.91. The van der Waals surface area contributed by atoms with Crippen LogP contribution < -0.4 is 4.74 Å². The molecule has 7 heteroatoms. The molecular formula is C8H10F2N2O3. The van der Waals surface area contributed by atoms with E-state index in [2.05, 4.69) is 14.6 Å². The minimum Gasteiger partial charge on any atom is -0.462 e. The van der Waals surface area contributed by atoms with Gasteiger partial charge in [-0.1, -0.05) is 0 Å². The number of carbonyl (C=O) groups is 1. The quantitative estimate of drug-likeness (QED) is 0.715. The van der Waals surface area contributed by atoms with E-state index < -0.39 is 18.5 Å². The Morgan fingerprint density at radius 1 is 1.67 bits per heavy atom. The Morgan fingerprint density at radius 3 is 2.87 bits per heavy atom. The summed E-state index contributed by atoms with van der Waals surface area (Å²) in [5.74, 6) is -1.16. The highest BCUT2D eigenvalue weighted by Gasteiger charge is 2.20. The Balaban J connectivity index is 2.90. The molecule has 0 aromatic carbocycles. The van der Waals surface area contributed by atoms with Gasteiger partial charge < -0.3 is 9.47 Å². The first-order valence-corrected chi connectivity index (χ1v) is 4.20. The number of rotatable bonds is 4. The number of nitrogens with zero attached hydrogens (tertiary/aromatic N) is 2. The van der Waals surface area contributed by atoms with E-state index in [9.17, 15) is 13.6 Å². The van der Waals surface area contributed by atoms with E-state index in [0.717, 1.165) is 0 Å². The van der Waals surface area contributed by atoms with Crippen molar-refractivity contribution in [2.45, 2.75) is 13.5 Å². The summed E-state index contributed by atoms with van der Waals surface area (Å²) in [7, 11) is 1.49. The average molecular weight is 220 g/mol. The summed E-state index contributed by atoms with van der Waals surface area (Å²) >= 11 is 0. The molecule has 0 amide bonds. The van der Waals surface area contributed by atoms with Crippen LogP contribution in [-0.4, -0.2) is 29.0 Å². The van der Waals surface area contributed by atoms with Gasteiger partial charge in [0, 0.05) is 13.2 Å². The second kappa shape index (κ2) is 4.72. The molecule has 1 aromatic rings. The first-order valence-electron chi connectivity index (χ1n) is 4.20. The van der Waals surface area contributed by atoms with Crippen LogP contribution in [0.3, 0.4) is 0 Å². The predicted molar refractivity (Wildman–Crippen MR) is 45.8 cm³/mol. The summed E-state index contributed by atoms with van der Waals surface area (Å²) in [5.41, 5.74) is -0.111. The molecule has 0 radical (unpaired) electrons. The molecule has 0 saturated heterocycles. The summed E-state index contributed by atoms with van der Waals surface area (Å²) in [6, 6.07) is 0. The molecule has 15 heavy (non-hydrogen) atoms. The van der Waals surface area contributed by atoms with Crippen molar-refractivity contribution in [3.8, 4) is 5.88 Å². The van der Waals surface area contributed by atoms with Gasteiger partial charge in [-0.25, -0.2) is 4.79 Å². The SMILES string of the molecule is CCOC(=O)c1cn(C)nc1OC(F)F. The summed E-state index contributed by atoms with van der Waals surface area (Å²) in [6.07, 6.45) is 1.26. The zero-order chi connectivity index (χ0) is 11.4. The van der Waals surface area contributed by atoms with Crippen LogP contribution in [0.2, 0.25) is 0 Å². The Bertz CT molecular complexity index is 352. The topological polar surface area (TPSA) is 53.4 Å². The van der Waals surface area contributed by atoms with Crippen molar-refractivity contribution in [3.63, 3.8) is 0 Å². The van der Waals surface area contributed by atoms with Crippen LogP contribution in [-0.2, 0) is 11.8 Å². The number of hydrogen-bond acceptors (Lipinski definition) is 4. The van der Waals surface area contributed by atoms with Crippen LogP contribution in [0.15, 0.2) is 6.20 Å². The highest BCUT2D eigenvalue weighted by atomic mass is 19.3. The van der Waals surface area contributed by atoms with Gasteiger partial charge in [-0.3, -0.25) is 4.68 Å². The van der Waals surface area contributed by atoms with Crippen LogP contribution in [0, 0.1) is 0 Å². The molecular weight excluding hydrogens is 210 g/mol. The molecule has 1 aromatic heterocycles. The monoisotopic (exact) mass is 220 g/mol. The largest absolute Gasteiger partial charge is 0.462 e. The van der Waals surface area contributed by atoms with E-state index in [1.807, 2.05) is 0 Å². The van der Waals surface area contributed by atoms with Crippen molar-refractivity contribution in [1.82, 2.24) is 9.78 Å². The van der Waals surface area contributed by atoms with E-state index in [1.165, 1.54) is 17.9 Å². The third kappa shape index (κ3) is 2.90. The molecule has 0 unspecified atom stereocenters. The van der Waals surface area contributed by atoms with E-state index in [0.29, 0.717) is 0 Å². The van der Waals surface area contributed by atoms with Gasteiger partial charge in [-0.15, -0.1) is 5.10 Å².